The fraction of sp³-hybridized carbons (Fsp3) is 0.0833. The van der Waals surface area contributed by atoms with Gasteiger partial charge in [-0.1, -0.05) is 12.1 Å². The van der Waals surface area contributed by atoms with Gasteiger partial charge in [-0.3, -0.25) is 4.98 Å². The third kappa shape index (κ3) is 2.38. The second kappa shape index (κ2) is 4.08. The number of benzene rings is 1. The maximum Gasteiger partial charge on any atom is 0.417 e. The van der Waals surface area contributed by atoms with E-state index in [-0.39, 0.29) is 5.75 Å². The summed E-state index contributed by atoms with van der Waals surface area (Å²) in [5.41, 5.74) is -0.103. The minimum atomic E-state index is -4.40. The molecule has 0 aliphatic rings. The monoisotopic (exact) mass is 239 g/mol. The highest BCUT2D eigenvalue weighted by molar-refractivity contribution is 5.66. The number of pyridine rings is 1. The molecule has 2 aromatic rings. The lowest BCUT2D eigenvalue weighted by Gasteiger charge is -2.07. The van der Waals surface area contributed by atoms with E-state index in [1.807, 2.05) is 0 Å². The van der Waals surface area contributed by atoms with Crippen LogP contribution in [-0.2, 0) is 6.18 Å². The van der Waals surface area contributed by atoms with E-state index >= 15 is 0 Å². The number of halogens is 3. The lowest BCUT2D eigenvalue weighted by atomic mass is 10.1. The van der Waals surface area contributed by atoms with Crippen LogP contribution >= 0.6 is 0 Å². The van der Waals surface area contributed by atoms with Crippen molar-refractivity contribution in [3.05, 3.63) is 48.2 Å². The van der Waals surface area contributed by atoms with Crippen LogP contribution in [-0.4, -0.2) is 10.1 Å². The summed E-state index contributed by atoms with van der Waals surface area (Å²) in [7, 11) is 0. The van der Waals surface area contributed by atoms with E-state index in [9.17, 15) is 18.3 Å². The molecule has 0 amide bonds. The van der Waals surface area contributed by atoms with Crippen LogP contribution in [0.25, 0.3) is 11.3 Å². The first kappa shape index (κ1) is 11.4. The first-order valence-corrected chi connectivity index (χ1v) is 4.80. The zero-order valence-corrected chi connectivity index (χ0v) is 8.57. The molecule has 0 saturated heterocycles. The fourth-order valence-electron chi connectivity index (χ4n) is 1.41. The van der Waals surface area contributed by atoms with E-state index < -0.39 is 11.7 Å². The predicted molar refractivity (Wildman–Crippen MR) is 56.3 cm³/mol. The summed E-state index contributed by atoms with van der Waals surface area (Å²) in [5, 5.41) is 9.53. The van der Waals surface area contributed by atoms with E-state index in [1.165, 1.54) is 12.1 Å². The molecule has 2 rings (SSSR count). The molecule has 0 atom stereocenters. The molecule has 0 saturated carbocycles. The van der Waals surface area contributed by atoms with Gasteiger partial charge in [-0.2, -0.15) is 13.2 Å². The SMILES string of the molecule is Oc1ccccc1-c1ccc(C(F)(F)F)cn1. The van der Waals surface area contributed by atoms with E-state index in [4.69, 9.17) is 0 Å². The second-order valence-electron chi connectivity index (χ2n) is 3.45. The summed E-state index contributed by atoms with van der Waals surface area (Å²) in [6.07, 6.45) is -3.65. The van der Waals surface area contributed by atoms with Crippen molar-refractivity contribution in [1.82, 2.24) is 4.98 Å². The Balaban J connectivity index is 2.40. The van der Waals surface area contributed by atoms with Gasteiger partial charge in [-0.05, 0) is 24.3 Å². The molecule has 1 aromatic heterocycles. The van der Waals surface area contributed by atoms with Crippen LogP contribution in [0, 0.1) is 0 Å². The summed E-state index contributed by atoms with van der Waals surface area (Å²) in [6, 6.07) is 8.52. The molecule has 0 aliphatic heterocycles. The molecular formula is C12H8F3NO. The van der Waals surface area contributed by atoms with Crippen LogP contribution in [0.2, 0.25) is 0 Å². The lowest BCUT2D eigenvalue weighted by molar-refractivity contribution is -0.137. The van der Waals surface area contributed by atoms with Crippen molar-refractivity contribution in [3.8, 4) is 17.0 Å². The Labute approximate surface area is 95.4 Å². The number of hydrogen-bond acceptors (Lipinski definition) is 2. The van der Waals surface area contributed by atoms with Crippen molar-refractivity contribution in [1.29, 1.82) is 0 Å². The Morgan fingerprint density at radius 2 is 1.71 bits per heavy atom. The zero-order valence-electron chi connectivity index (χ0n) is 8.57. The smallest absolute Gasteiger partial charge is 0.417 e. The maximum atomic E-state index is 12.3. The molecule has 0 radical (unpaired) electrons. The van der Waals surface area contributed by atoms with Gasteiger partial charge in [0.15, 0.2) is 0 Å². The number of aromatic hydroxyl groups is 1. The van der Waals surface area contributed by atoms with Crippen LogP contribution < -0.4 is 0 Å². The number of hydrogen-bond donors (Lipinski definition) is 1. The number of phenols is 1. The minimum absolute atomic E-state index is 0.0141. The molecule has 17 heavy (non-hydrogen) atoms. The van der Waals surface area contributed by atoms with Crippen LogP contribution in [0.15, 0.2) is 42.6 Å². The predicted octanol–water partition coefficient (Wildman–Crippen LogP) is 3.47. The van der Waals surface area contributed by atoms with E-state index in [1.54, 1.807) is 18.2 Å². The topological polar surface area (TPSA) is 33.1 Å². The van der Waals surface area contributed by atoms with Crippen LogP contribution in [0.4, 0.5) is 13.2 Å². The summed E-state index contributed by atoms with van der Waals surface area (Å²) < 4.78 is 36.9. The van der Waals surface area contributed by atoms with Gasteiger partial charge in [0.25, 0.3) is 0 Å². The standard InChI is InChI=1S/C12H8F3NO/c13-12(14,15)8-5-6-10(16-7-8)9-3-1-2-4-11(9)17/h1-7,17H. The van der Waals surface area contributed by atoms with Crippen molar-refractivity contribution in [3.63, 3.8) is 0 Å². The number of phenolic OH excluding ortho intramolecular Hbond substituents is 1. The number of aromatic nitrogens is 1. The molecule has 5 heteroatoms. The lowest BCUT2D eigenvalue weighted by Crippen LogP contribution is -2.05. The molecule has 88 valence electrons. The average molecular weight is 239 g/mol. The highest BCUT2D eigenvalue weighted by atomic mass is 19.4. The molecule has 0 aliphatic carbocycles. The van der Waals surface area contributed by atoms with Crippen molar-refractivity contribution in [2.24, 2.45) is 0 Å². The van der Waals surface area contributed by atoms with Gasteiger partial charge in [0.05, 0.1) is 11.3 Å². The van der Waals surface area contributed by atoms with Crippen molar-refractivity contribution >= 4 is 0 Å². The van der Waals surface area contributed by atoms with Gasteiger partial charge >= 0.3 is 6.18 Å². The maximum absolute atomic E-state index is 12.3. The van der Waals surface area contributed by atoms with E-state index in [2.05, 4.69) is 4.98 Å². The highest BCUT2D eigenvalue weighted by Crippen LogP contribution is 2.31. The number of rotatable bonds is 1. The Morgan fingerprint density at radius 3 is 2.24 bits per heavy atom. The third-order valence-electron chi connectivity index (χ3n) is 2.27. The molecule has 0 fully saturated rings. The summed E-state index contributed by atoms with van der Waals surface area (Å²) in [6.45, 7) is 0. The molecular weight excluding hydrogens is 231 g/mol. The van der Waals surface area contributed by atoms with Gasteiger partial charge in [-0.15, -0.1) is 0 Å². The van der Waals surface area contributed by atoms with Crippen molar-refractivity contribution in [2.45, 2.75) is 6.18 Å². The fourth-order valence-corrected chi connectivity index (χ4v) is 1.41. The molecule has 0 bridgehead atoms. The molecule has 0 unspecified atom stereocenters. The second-order valence-corrected chi connectivity index (χ2v) is 3.45. The summed E-state index contributed by atoms with van der Waals surface area (Å²) >= 11 is 0. The van der Waals surface area contributed by atoms with E-state index in [0.717, 1.165) is 12.3 Å². The van der Waals surface area contributed by atoms with E-state index in [0.29, 0.717) is 11.3 Å². The number of nitrogens with zero attached hydrogens (tertiary/aromatic N) is 1. The summed E-state index contributed by atoms with van der Waals surface area (Å²) in [5.74, 6) is -0.0141. The van der Waals surface area contributed by atoms with Gasteiger partial charge < -0.3 is 5.11 Å². The first-order chi connectivity index (χ1) is 7.98. The largest absolute Gasteiger partial charge is 0.507 e. The first-order valence-electron chi connectivity index (χ1n) is 4.80. The Kier molecular flexibility index (Phi) is 2.75. The van der Waals surface area contributed by atoms with Gasteiger partial charge in [-0.25, -0.2) is 0 Å². The van der Waals surface area contributed by atoms with Crippen molar-refractivity contribution in [2.75, 3.05) is 0 Å². The van der Waals surface area contributed by atoms with Gasteiger partial charge in [0.1, 0.15) is 5.75 Å². The van der Waals surface area contributed by atoms with Gasteiger partial charge in [0, 0.05) is 11.8 Å². The zero-order chi connectivity index (χ0) is 12.5. The normalized spacial score (nSPS) is 11.5. The Bertz CT molecular complexity index is 520. The van der Waals surface area contributed by atoms with Crippen LogP contribution in [0.5, 0.6) is 5.75 Å². The molecule has 2 nitrogen and oxygen atoms in total. The van der Waals surface area contributed by atoms with Crippen LogP contribution in [0.3, 0.4) is 0 Å². The molecule has 1 N–H and O–H groups in total. The van der Waals surface area contributed by atoms with Gasteiger partial charge in [0.2, 0.25) is 0 Å². The Morgan fingerprint density at radius 1 is 1.00 bits per heavy atom. The van der Waals surface area contributed by atoms with Crippen molar-refractivity contribution < 1.29 is 18.3 Å². The molecule has 0 spiro atoms. The average Bonchev–Trinajstić information content (AvgIpc) is 2.29. The molecule has 1 heterocycles. The minimum Gasteiger partial charge on any atom is -0.507 e. The quantitative estimate of drug-likeness (QED) is 0.826. The highest BCUT2D eigenvalue weighted by Gasteiger charge is 2.30. The number of alkyl halides is 3. The van der Waals surface area contributed by atoms with Crippen LogP contribution in [0.1, 0.15) is 5.56 Å². The number of para-hydroxylation sites is 1. The molecule has 1 aromatic carbocycles. The summed E-state index contributed by atoms with van der Waals surface area (Å²) in [4.78, 5) is 3.70. The third-order valence-corrected chi connectivity index (χ3v) is 2.27. The Hall–Kier alpha value is -2.04.